The molecule has 0 aliphatic carbocycles. The Morgan fingerprint density at radius 2 is 2.11 bits per heavy atom. The van der Waals surface area contributed by atoms with Crippen LogP contribution in [0, 0.1) is 0 Å². The number of carbonyl (C=O) groups is 2. The molecular weight excluding hydrogens is 264 g/mol. The van der Waals surface area contributed by atoms with Crippen molar-refractivity contribution in [2.75, 3.05) is 11.4 Å². The number of hydrogen-bond donors (Lipinski definition) is 1. The number of nitrogens with zero attached hydrogens (tertiary/aromatic N) is 1. The molecule has 1 aromatic rings. The predicted molar refractivity (Wildman–Crippen MR) is 75.3 cm³/mol. The Morgan fingerprint density at radius 1 is 1.42 bits per heavy atom. The van der Waals surface area contributed by atoms with E-state index in [1.807, 2.05) is 19.1 Å². The highest BCUT2D eigenvalue weighted by molar-refractivity contribution is 6.30. The first-order chi connectivity index (χ1) is 9.10. The zero-order chi connectivity index (χ0) is 13.8. The van der Waals surface area contributed by atoms with Crippen molar-refractivity contribution in [2.24, 2.45) is 0 Å². The predicted octanol–water partition coefficient (Wildman–Crippen LogP) is 2.36. The van der Waals surface area contributed by atoms with E-state index in [1.165, 1.54) is 0 Å². The summed E-state index contributed by atoms with van der Waals surface area (Å²) in [5, 5.41) is 3.54. The van der Waals surface area contributed by atoms with Crippen LogP contribution in [0.15, 0.2) is 24.3 Å². The first-order valence-corrected chi connectivity index (χ1v) is 6.83. The van der Waals surface area contributed by atoms with Gasteiger partial charge in [0.25, 0.3) is 0 Å². The Labute approximate surface area is 117 Å². The van der Waals surface area contributed by atoms with E-state index in [0.717, 1.165) is 12.1 Å². The Hall–Kier alpha value is -1.55. The van der Waals surface area contributed by atoms with Crippen molar-refractivity contribution in [3.05, 3.63) is 29.3 Å². The third-order valence-electron chi connectivity index (χ3n) is 3.11. The molecule has 0 aromatic heterocycles. The second-order valence-corrected chi connectivity index (χ2v) is 5.14. The first kappa shape index (κ1) is 13.9. The molecule has 1 saturated heterocycles. The van der Waals surface area contributed by atoms with Crippen molar-refractivity contribution in [2.45, 2.75) is 32.2 Å². The normalized spacial score (nSPS) is 18.7. The molecule has 1 aliphatic rings. The molecule has 0 radical (unpaired) electrons. The fourth-order valence-corrected chi connectivity index (χ4v) is 2.33. The van der Waals surface area contributed by atoms with Crippen molar-refractivity contribution < 1.29 is 9.59 Å². The van der Waals surface area contributed by atoms with Crippen LogP contribution in [0.25, 0.3) is 0 Å². The lowest BCUT2D eigenvalue weighted by Gasteiger charge is -2.17. The fourth-order valence-electron chi connectivity index (χ4n) is 2.20. The van der Waals surface area contributed by atoms with Crippen LogP contribution in [0.1, 0.15) is 26.2 Å². The average molecular weight is 281 g/mol. The van der Waals surface area contributed by atoms with E-state index in [-0.39, 0.29) is 17.9 Å². The Bertz CT molecular complexity index is 473. The fraction of sp³-hybridized carbons (Fsp3) is 0.429. The van der Waals surface area contributed by atoms with E-state index in [2.05, 4.69) is 5.32 Å². The van der Waals surface area contributed by atoms with Gasteiger partial charge < -0.3 is 10.2 Å². The van der Waals surface area contributed by atoms with E-state index >= 15 is 0 Å². The topological polar surface area (TPSA) is 49.4 Å². The lowest BCUT2D eigenvalue weighted by Crippen LogP contribution is -2.36. The van der Waals surface area contributed by atoms with Gasteiger partial charge in [-0.2, -0.15) is 0 Å². The van der Waals surface area contributed by atoms with Crippen molar-refractivity contribution in [1.82, 2.24) is 5.32 Å². The molecule has 2 amide bonds. The summed E-state index contributed by atoms with van der Waals surface area (Å²) < 4.78 is 0. The van der Waals surface area contributed by atoms with Gasteiger partial charge in [-0.25, -0.2) is 0 Å². The highest BCUT2D eigenvalue weighted by Crippen LogP contribution is 2.23. The minimum Gasteiger partial charge on any atom is -0.351 e. The highest BCUT2D eigenvalue weighted by Gasteiger charge is 2.31. The molecule has 0 saturated carbocycles. The summed E-state index contributed by atoms with van der Waals surface area (Å²) in [5.41, 5.74) is 0.821. The van der Waals surface area contributed by atoms with Crippen LogP contribution in [-0.4, -0.2) is 24.4 Å². The molecular formula is C14H17ClN2O2. The number of carbonyl (C=O) groups excluding carboxylic acids is 2. The zero-order valence-corrected chi connectivity index (χ0v) is 11.6. The van der Waals surface area contributed by atoms with Crippen LogP contribution in [0.4, 0.5) is 5.69 Å². The molecule has 0 bridgehead atoms. The van der Waals surface area contributed by atoms with Gasteiger partial charge in [0.1, 0.15) is 0 Å². The van der Waals surface area contributed by atoms with Gasteiger partial charge in [-0.15, -0.1) is 0 Å². The van der Waals surface area contributed by atoms with Crippen LogP contribution in [0.5, 0.6) is 0 Å². The molecule has 1 aliphatic heterocycles. The average Bonchev–Trinajstić information content (AvgIpc) is 2.71. The van der Waals surface area contributed by atoms with E-state index in [1.54, 1.807) is 17.0 Å². The number of amides is 2. The summed E-state index contributed by atoms with van der Waals surface area (Å²) >= 11 is 5.83. The number of hydrogen-bond acceptors (Lipinski definition) is 2. The van der Waals surface area contributed by atoms with Crippen LogP contribution >= 0.6 is 11.6 Å². The maximum Gasteiger partial charge on any atom is 0.229 e. The molecule has 102 valence electrons. The standard InChI is InChI=1S/C14H17ClN2O2/c1-2-3-13(18)16-11-8-14(19)17(9-11)12-6-4-10(15)5-7-12/h4-7,11H,2-3,8-9H2,1H3,(H,16,18)/t11-/m0/s1. The van der Waals surface area contributed by atoms with E-state index in [0.29, 0.717) is 24.4 Å². The third-order valence-corrected chi connectivity index (χ3v) is 3.36. The largest absolute Gasteiger partial charge is 0.351 e. The Balaban J connectivity index is 1.99. The van der Waals surface area contributed by atoms with E-state index < -0.39 is 0 Å². The summed E-state index contributed by atoms with van der Waals surface area (Å²) in [6, 6.07) is 7.05. The lowest BCUT2D eigenvalue weighted by molar-refractivity contribution is -0.121. The second-order valence-electron chi connectivity index (χ2n) is 4.70. The van der Waals surface area contributed by atoms with Crippen LogP contribution < -0.4 is 10.2 Å². The molecule has 1 aromatic carbocycles. The summed E-state index contributed by atoms with van der Waals surface area (Å²) in [6.07, 6.45) is 1.68. The SMILES string of the molecule is CCCC(=O)N[C@H]1CC(=O)N(c2ccc(Cl)cc2)C1. The summed E-state index contributed by atoms with van der Waals surface area (Å²) in [6.45, 7) is 2.48. The van der Waals surface area contributed by atoms with Gasteiger partial charge in [-0.05, 0) is 30.7 Å². The molecule has 1 atom stereocenters. The molecule has 1 heterocycles. The summed E-state index contributed by atoms with van der Waals surface area (Å²) in [4.78, 5) is 25.2. The van der Waals surface area contributed by atoms with Crippen molar-refractivity contribution in [3.63, 3.8) is 0 Å². The van der Waals surface area contributed by atoms with Crippen LogP contribution in [-0.2, 0) is 9.59 Å². The molecule has 0 spiro atoms. The minimum absolute atomic E-state index is 0.0123. The summed E-state index contributed by atoms with van der Waals surface area (Å²) in [7, 11) is 0. The van der Waals surface area contributed by atoms with Gasteiger partial charge in [0.2, 0.25) is 11.8 Å². The molecule has 19 heavy (non-hydrogen) atoms. The van der Waals surface area contributed by atoms with Gasteiger partial charge in [0.05, 0.1) is 6.04 Å². The molecule has 2 rings (SSSR count). The van der Waals surface area contributed by atoms with Gasteiger partial charge >= 0.3 is 0 Å². The van der Waals surface area contributed by atoms with Gasteiger partial charge in [0.15, 0.2) is 0 Å². The van der Waals surface area contributed by atoms with Gasteiger partial charge in [-0.1, -0.05) is 18.5 Å². The number of benzene rings is 1. The Kier molecular flexibility index (Phi) is 4.43. The number of rotatable bonds is 4. The number of anilines is 1. The van der Waals surface area contributed by atoms with Crippen LogP contribution in [0.3, 0.4) is 0 Å². The maximum absolute atomic E-state index is 12.0. The molecule has 4 nitrogen and oxygen atoms in total. The van der Waals surface area contributed by atoms with E-state index in [9.17, 15) is 9.59 Å². The monoisotopic (exact) mass is 280 g/mol. The number of nitrogens with one attached hydrogen (secondary N) is 1. The van der Waals surface area contributed by atoms with Crippen molar-refractivity contribution in [3.8, 4) is 0 Å². The first-order valence-electron chi connectivity index (χ1n) is 6.45. The highest BCUT2D eigenvalue weighted by atomic mass is 35.5. The molecule has 5 heteroatoms. The van der Waals surface area contributed by atoms with E-state index in [4.69, 9.17) is 11.6 Å². The smallest absolute Gasteiger partial charge is 0.229 e. The molecule has 0 unspecified atom stereocenters. The summed E-state index contributed by atoms with van der Waals surface area (Å²) in [5.74, 6) is 0.0439. The lowest BCUT2D eigenvalue weighted by atomic mass is 10.2. The minimum atomic E-state index is -0.0952. The third kappa shape index (κ3) is 3.47. The quantitative estimate of drug-likeness (QED) is 0.920. The molecule has 1 N–H and O–H groups in total. The second kappa shape index (κ2) is 6.06. The zero-order valence-electron chi connectivity index (χ0n) is 10.9. The van der Waals surface area contributed by atoms with Gasteiger partial charge in [-0.3, -0.25) is 9.59 Å². The molecule has 1 fully saturated rings. The van der Waals surface area contributed by atoms with Crippen LogP contribution in [0.2, 0.25) is 5.02 Å². The van der Waals surface area contributed by atoms with Crippen molar-refractivity contribution in [1.29, 1.82) is 0 Å². The Morgan fingerprint density at radius 3 is 2.74 bits per heavy atom. The number of halogens is 1. The maximum atomic E-state index is 12.0. The van der Waals surface area contributed by atoms with Crippen molar-refractivity contribution >= 4 is 29.1 Å². The van der Waals surface area contributed by atoms with Gasteiger partial charge in [0, 0.05) is 30.1 Å².